The standard InChI is InChI=1S/C29H29BN2O/c1-17-12-19(3)27(20(4)13-17)30-28-21(5)14-18(2)15-23(28)9-10-24(33)16-25-22(6)32(30)26-8-7-11-31-29(25)26/h7-16,33H,1-6H3/b10-9+,24-16+. The van der Waals surface area contributed by atoms with Crippen molar-refractivity contribution < 1.29 is 5.11 Å². The molecule has 3 heterocycles. The number of aliphatic hydroxyl groups is 1. The van der Waals surface area contributed by atoms with E-state index in [4.69, 9.17) is 4.98 Å². The molecule has 33 heavy (non-hydrogen) atoms. The summed E-state index contributed by atoms with van der Waals surface area (Å²) >= 11 is 0. The van der Waals surface area contributed by atoms with Crippen molar-refractivity contribution in [3.8, 4) is 0 Å². The number of pyridine rings is 1. The number of hydrogen-bond donors (Lipinski definition) is 1. The fourth-order valence-corrected chi connectivity index (χ4v) is 5.71. The van der Waals surface area contributed by atoms with Gasteiger partial charge in [0.15, 0.2) is 0 Å². The largest absolute Gasteiger partial charge is 0.508 e. The lowest BCUT2D eigenvalue weighted by Gasteiger charge is -2.27. The Hall–Kier alpha value is -3.53. The van der Waals surface area contributed by atoms with Gasteiger partial charge >= 0.3 is 6.85 Å². The van der Waals surface area contributed by atoms with E-state index < -0.39 is 0 Å². The Balaban J connectivity index is 2.02. The van der Waals surface area contributed by atoms with Crippen LogP contribution in [0.2, 0.25) is 0 Å². The van der Waals surface area contributed by atoms with Crippen molar-refractivity contribution >= 4 is 41.0 Å². The summed E-state index contributed by atoms with van der Waals surface area (Å²) in [5, 5.41) is 10.8. The smallest absolute Gasteiger partial charge is 0.329 e. The molecule has 1 aliphatic rings. The monoisotopic (exact) mass is 432 g/mol. The van der Waals surface area contributed by atoms with E-state index in [0.29, 0.717) is 0 Å². The summed E-state index contributed by atoms with van der Waals surface area (Å²) in [4.78, 5) is 4.73. The van der Waals surface area contributed by atoms with Gasteiger partial charge < -0.3 is 9.58 Å². The molecule has 0 saturated heterocycles. The summed E-state index contributed by atoms with van der Waals surface area (Å²) in [6, 6.07) is 13.2. The van der Waals surface area contributed by atoms with Crippen molar-refractivity contribution in [2.75, 3.05) is 0 Å². The van der Waals surface area contributed by atoms with Crippen LogP contribution in [0.5, 0.6) is 0 Å². The van der Waals surface area contributed by atoms with Crippen LogP contribution in [0.1, 0.15) is 44.6 Å². The predicted octanol–water partition coefficient (Wildman–Crippen LogP) is 5.47. The highest BCUT2D eigenvalue weighted by molar-refractivity contribution is 6.86. The molecule has 2 aromatic heterocycles. The van der Waals surface area contributed by atoms with Gasteiger partial charge in [0.25, 0.3) is 0 Å². The van der Waals surface area contributed by atoms with E-state index in [9.17, 15) is 5.11 Å². The third-order valence-electron chi connectivity index (χ3n) is 6.88. The first-order valence-electron chi connectivity index (χ1n) is 11.5. The summed E-state index contributed by atoms with van der Waals surface area (Å²) in [5.41, 5.74) is 14.1. The lowest BCUT2D eigenvalue weighted by molar-refractivity contribution is 0.438. The minimum atomic E-state index is -0.0139. The second kappa shape index (κ2) is 7.81. The molecule has 5 rings (SSSR count). The molecule has 0 radical (unpaired) electrons. The lowest BCUT2D eigenvalue weighted by atomic mass is 9.46. The van der Waals surface area contributed by atoms with Gasteiger partial charge in [0.2, 0.25) is 0 Å². The number of nitrogens with zero attached hydrogens (tertiary/aromatic N) is 2. The molecule has 4 aromatic rings. The highest BCUT2D eigenvalue weighted by Crippen LogP contribution is 2.29. The van der Waals surface area contributed by atoms with Crippen LogP contribution in [0.3, 0.4) is 0 Å². The quantitative estimate of drug-likeness (QED) is 0.406. The van der Waals surface area contributed by atoms with Crippen LogP contribution in [-0.4, -0.2) is 21.4 Å². The summed E-state index contributed by atoms with van der Waals surface area (Å²) in [6.07, 6.45) is 7.53. The molecule has 1 N–H and O–H groups in total. The minimum absolute atomic E-state index is 0.0139. The number of rotatable bonds is 1. The topological polar surface area (TPSA) is 38.0 Å². The van der Waals surface area contributed by atoms with E-state index in [1.54, 1.807) is 6.08 Å². The number of aryl methyl sites for hydroxylation is 5. The third kappa shape index (κ3) is 3.41. The summed E-state index contributed by atoms with van der Waals surface area (Å²) in [7, 11) is 0. The first kappa shape index (κ1) is 21.3. The zero-order valence-electron chi connectivity index (χ0n) is 20.2. The van der Waals surface area contributed by atoms with Crippen LogP contribution in [0.15, 0.2) is 54.4 Å². The number of hydrogen-bond acceptors (Lipinski definition) is 2. The van der Waals surface area contributed by atoms with Crippen molar-refractivity contribution in [3.05, 3.63) is 99.1 Å². The fraction of sp³-hybridized carbons (Fsp3) is 0.207. The van der Waals surface area contributed by atoms with Crippen molar-refractivity contribution in [1.82, 2.24) is 9.46 Å². The Labute approximate surface area is 196 Å². The summed E-state index contributed by atoms with van der Waals surface area (Å²) in [6.45, 7) is 13.1. The molecule has 2 aromatic carbocycles. The molecule has 164 valence electrons. The molecule has 0 saturated carbocycles. The molecule has 0 unspecified atom stereocenters. The van der Waals surface area contributed by atoms with E-state index in [2.05, 4.69) is 76.4 Å². The Morgan fingerprint density at radius 3 is 2.15 bits per heavy atom. The maximum Gasteiger partial charge on any atom is 0.329 e. The predicted molar refractivity (Wildman–Crippen MR) is 141 cm³/mol. The van der Waals surface area contributed by atoms with Gasteiger partial charge in [-0.25, -0.2) is 0 Å². The second-order valence-corrected chi connectivity index (χ2v) is 9.44. The molecule has 4 heteroatoms. The maximum atomic E-state index is 10.8. The van der Waals surface area contributed by atoms with Crippen LogP contribution >= 0.6 is 0 Å². The minimum Gasteiger partial charge on any atom is -0.508 e. The molecule has 0 spiro atoms. The SMILES string of the molecule is Cc1cc(C)c(B2c3c(C)cc(C)cc3/C=C/C(O)=C\c3c(C)n2c2cccnc32)c(C)c1. The van der Waals surface area contributed by atoms with Crippen molar-refractivity contribution in [3.63, 3.8) is 0 Å². The molecular formula is C29H29BN2O. The van der Waals surface area contributed by atoms with Gasteiger partial charge in [-0.1, -0.05) is 58.2 Å². The van der Waals surface area contributed by atoms with Gasteiger partial charge in [0, 0.05) is 17.5 Å². The number of benzene rings is 2. The second-order valence-electron chi connectivity index (χ2n) is 9.44. The van der Waals surface area contributed by atoms with Gasteiger partial charge in [0.05, 0.1) is 11.0 Å². The van der Waals surface area contributed by atoms with Crippen LogP contribution < -0.4 is 10.9 Å². The molecule has 0 fully saturated rings. The highest BCUT2D eigenvalue weighted by Gasteiger charge is 2.33. The molecule has 1 aliphatic heterocycles. The van der Waals surface area contributed by atoms with Crippen LogP contribution in [0, 0.1) is 41.5 Å². The van der Waals surface area contributed by atoms with Crippen LogP contribution in [0.25, 0.3) is 23.2 Å². The fourth-order valence-electron chi connectivity index (χ4n) is 5.71. The molecule has 0 atom stereocenters. The number of aromatic nitrogens is 2. The number of allylic oxidation sites excluding steroid dienone is 1. The highest BCUT2D eigenvalue weighted by atomic mass is 16.3. The van der Waals surface area contributed by atoms with Crippen molar-refractivity contribution in [2.45, 2.75) is 41.5 Å². The van der Waals surface area contributed by atoms with Gasteiger partial charge in [-0.2, -0.15) is 0 Å². The van der Waals surface area contributed by atoms with Gasteiger partial charge in [0.1, 0.15) is 5.76 Å². The first-order chi connectivity index (χ1) is 15.8. The Kier molecular flexibility index (Phi) is 5.04. The zero-order chi connectivity index (χ0) is 23.4. The van der Waals surface area contributed by atoms with E-state index in [1.807, 2.05) is 24.4 Å². The van der Waals surface area contributed by atoms with Crippen LogP contribution in [0.4, 0.5) is 0 Å². The van der Waals surface area contributed by atoms with E-state index >= 15 is 0 Å². The summed E-state index contributed by atoms with van der Waals surface area (Å²) < 4.78 is 2.42. The molecule has 0 aliphatic carbocycles. The Morgan fingerprint density at radius 1 is 0.818 bits per heavy atom. The van der Waals surface area contributed by atoms with E-state index in [-0.39, 0.29) is 12.6 Å². The average molecular weight is 432 g/mol. The Bertz CT molecular complexity index is 1470. The van der Waals surface area contributed by atoms with Crippen LogP contribution in [-0.2, 0) is 0 Å². The first-order valence-corrected chi connectivity index (χ1v) is 11.5. The lowest BCUT2D eigenvalue weighted by Crippen LogP contribution is -2.53. The molecule has 2 bridgehead atoms. The van der Waals surface area contributed by atoms with Crippen molar-refractivity contribution in [2.24, 2.45) is 0 Å². The van der Waals surface area contributed by atoms with Gasteiger partial charge in [-0.3, -0.25) is 4.98 Å². The molecular weight excluding hydrogens is 403 g/mol. The normalized spacial score (nSPS) is 15.8. The number of aliphatic hydroxyl groups excluding tert-OH is 1. The van der Waals surface area contributed by atoms with E-state index in [1.165, 1.54) is 38.7 Å². The summed E-state index contributed by atoms with van der Waals surface area (Å²) in [5.74, 6) is 0.231. The zero-order valence-corrected chi connectivity index (χ0v) is 20.2. The Morgan fingerprint density at radius 2 is 1.45 bits per heavy atom. The van der Waals surface area contributed by atoms with Gasteiger partial charge in [-0.15, -0.1) is 0 Å². The third-order valence-corrected chi connectivity index (χ3v) is 6.88. The number of fused-ring (bicyclic) bond motifs is 6. The molecule has 3 nitrogen and oxygen atoms in total. The average Bonchev–Trinajstić information content (AvgIpc) is 3.00. The molecule has 0 amide bonds. The maximum absolute atomic E-state index is 10.8. The van der Waals surface area contributed by atoms with E-state index in [0.717, 1.165) is 27.9 Å². The van der Waals surface area contributed by atoms with Gasteiger partial charge in [-0.05, 0) is 82.3 Å². The van der Waals surface area contributed by atoms with Crippen molar-refractivity contribution in [1.29, 1.82) is 0 Å².